The van der Waals surface area contributed by atoms with Crippen molar-refractivity contribution in [2.45, 2.75) is 0 Å². The van der Waals surface area contributed by atoms with Gasteiger partial charge in [0.05, 0.1) is 11.3 Å². The number of pyridine rings is 1. The Labute approximate surface area is 266 Å². The summed E-state index contributed by atoms with van der Waals surface area (Å²) in [6.07, 6.45) is 1.86. The van der Waals surface area contributed by atoms with Gasteiger partial charge in [0.2, 0.25) is 0 Å². The Balaban J connectivity index is 1.35. The van der Waals surface area contributed by atoms with E-state index in [1.54, 1.807) is 12.1 Å². The van der Waals surface area contributed by atoms with Gasteiger partial charge in [-0.1, -0.05) is 115 Å². The van der Waals surface area contributed by atoms with E-state index >= 15 is 0 Å². The van der Waals surface area contributed by atoms with Crippen LogP contribution in [0, 0.1) is 0 Å². The molecule has 2 aromatic heterocycles. The number of aromatic nitrogens is 4. The average Bonchev–Trinajstić information content (AvgIpc) is 3.12. The van der Waals surface area contributed by atoms with Crippen molar-refractivity contribution in [3.8, 4) is 39.9 Å². The van der Waals surface area contributed by atoms with Crippen molar-refractivity contribution in [2.75, 3.05) is 4.90 Å². The third kappa shape index (κ3) is 4.98. The first-order valence-electron chi connectivity index (χ1n) is 15.0. The van der Waals surface area contributed by atoms with Crippen LogP contribution in [-0.2, 0) is 0 Å². The summed E-state index contributed by atoms with van der Waals surface area (Å²) in [5, 5.41) is 15.1. The molecule has 0 radical (unpaired) electrons. The van der Waals surface area contributed by atoms with Gasteiger partial charge in [-0.2, -0.15) is 0 Å². The van der Waals surface area contributed by atoms with Crippen LogP contribution in [0.25, 0.3) is 55.7 Å². The van der Waals surface area contributed by atoms with Crippen LogP contribution >= 0.6 is 0 Å². The van der Waals surface area contributed by atoms with Crippen molar-refractivity contribution < 1.29 is 5.11 Å². The molecule has 0 atom stereocenters. The van der Waals surface area contributed by atoms with Gasteiger partial charge in [0.25, 0.3) is 0 Å². The van der Waals surface area contributed by atoms with Crippen LogP contribution in [0.1, 0.15) is 0 Å². The van der Waals surface area contributed by atoms with Gasteiger partial charge in [-0.25, -0.2) is 19.9 Å². The molecule has 8 aromatic rings. The van der Waals surface area contributed by atoms with Gasteiger partial charge in [0, 0.05) is 33.8 Å². The maximum atomic E-state index is 10.7. The molecule has 8 rings (SSSR count). The monoisotopic (exact) mass is 593 g/mol. The summed E-state index contributed by atoms with van der Waals surface area (Å²) in [4.78, 5) is 21.8. The number of anilines is 3. The molecule has 0 aliphatic heterocycles. The quantitative estimate of drug-likeness (QED) is 0.207. The van der Waals surface area contributed by atoms with E-state index in [1.165, 1.54) is 0 Å². The van der Waals surface area contributed by atoms with Crippen molar-refractivity contribution in [1.82, 2.24) is 19.9 Å². The van der Waals surface area contributed by atoms with E-state index in [9.17, 15) is 5.11 Å². The highest BCUT2D eigenvalue weighted by atomic mass is 16.3. The zero-order chi connectivity index (χ0) is 30.9. The topological polar surface area (TPSA) is 75.0 Å². The molecule has 2 heterocycles. The summed E-state index contributed by atoms with van der Waals surface area (Å²) in [5.74, 6) is 2.35. The summed E-state index contributed by atoms with van der Waals surface area (Å²) >= 11 is 0. The van der Waals surface area contributed by atoms with Crippen molar-refractivity contribution in [3.63, 3.8) is 0 Å². The van der Waals surface area contributed by atoms with Crippen molar-refractivity contribution in [2.24, 2.45) is 0 Å². The molecule has 0 unspecified atom stereocenters. The SMILES string of the molecule is Oc1ccccc1-c1nc(-c2ccccc2)nc(-c2cccc(N(c3cccc4ccccc34)c3nccc4ccccc34)c2)n1. The first-order valence-corrected chi connectivity index (χ1v) is 15.0. The standard InChI is InChI=1S/C40H27N5O/c46-36-23-9-8-21-34(36)39-43-37(29-14-2-1-3-15-29)42-38(44-39)30-17-10-18-31(26-30)45(35-22-11-16-27-12-4-6-19-32(27)35)40-33-20-7-5-13-28(33)24-25-41-40/h1-26,46H. The number of nitrogens with zero attached hydrogens (tertiary/aromatic N) is 5. The molecule has 6 heteroatoms. The number of rotatable bonds is 6. The van der Waals surface area contributed by atoms with Gasteiger partial charge in [-0.05, 0) is 47.2 Å². The smallest absolute Gasteiger partial charge is 0.167 e. The molecule has 0 bridgehead atoms. The van der Waals surface area contributed by atoms with E-state index in [-0.39, 0.29) is 5.75 Å². The van der Waals surface area contributed by atoms with Gasteiger partial charge < -0.3 is 5.11 Å². The lowest BCUT2D eigenvalue weighted by molar-refractivity contribution is 0.477. The minimum atomic E-state index is 0.108. The molecular weight excluding hydrogens is 566 g/mol. The molecule has 0 spiro atoms. The molecule has 0 amide bonds. The number of fused-ring (bicyclic) bond motifs is 2. The minimum Gasteiger partial charge on any atom is -0.507 e. The maximum absolute atomic E-state index is 10.7. The van der Waals surface area contributed by atoms with Crippen LogP contribution in [-0.4, -0.2) is 25.0 Å². The van der Waals surface area contributed by atoms with Crippen LogP contribution < -0.4 is 4.90 Å². The molecule has 6 aromatic carbocycles. The van der Waals surface area contributed by atoms with Crippen molar-refractivity contribution in [1.29, 1.82) is 0 Å². The second-order valence-corrected chi connectivity index (χ2v) is 10.9. The third-order valence-electron chi connectivity index (χ3n) is 8.05. The number of phenols is 1. The number of benzene rings is 6. The summed E-state index contributed by atoms with van der Waals surface area (Å²) in [6.45, 7) is 0. The van der Waals surface area contributed by atoms with E-state index in [0.29, 0.717) is 23.0 Å². The molecule has 0 saturated carbocycles. The second kappa shape index (κ2) is 11.6. The first-order chi connectivity index (χ1) is 22.7. The van der Waals surface area contributed by atoms with Crippen LogP contribution in [0.2, 0.25) is 0 Å². The van der Waals surface area contributed by atoms with Crippen LogP contribution in [0.15, 0.2) is 158 Å². The fourth-order valence-electron chi connectivity index (χ4n) is 5.85. The van der Waals surface area contributed by atoms with Crippen LogP contribution in [0.4, 0.5) is 17.2 Å². The van der Waals surface area contributed by atoms with Crippen molar-refractivity contribution in [3.05, 3.63) is 158 Å². The molecule has 0 aliphatic carbocycles. The maximum Gasteiger partial charge on any atom is 0.167 e. The Morgan fingerprint density at radius 1 is 0.478 bits per heavy atom. The Hall–Kier alpha value is -6.40. The highest BCUT2D eigenvalue weighted by molar-refractivity contribution is 6.03. The zero-order valence-electron chi connectivity index (χ0n) is 24.7. The van der Waals surface area contributed by atoms with Crippen LogP contribution in [0.5, 0.6) is 5.75 Å². The van der Waals surface area contributed by atoms with Gasteiger partial charge in [-0.3, -0.25) is 4.90 Å². The number of hydrogen-bond donors (Lipinski definition) is 1. The predicted molar refractivity (Wildman–Crippen MR) is 185 cm³/mol. The molecule has 0 aliphatic rings. The average molecular weight is 594 g/mol. The number of para-hydroxylation sites is 1. The zero-order valence-corrected chi connectivity index (χ0v) is 24.7. The summed E-state index contributed by atoms with van der Waals surface area (Å²) in [5.41, 5.74) is 4.12. The molecule has 0 fully saturated rings. The third-order valence-corrected chi connectivity index (χ3v) is 8.05. The fourth-order valence-corrected chi connectivity index (χ4v) is 5.85. The van der Waals surface area contributed by atoms with Gasteiger partial charge in [0.15, 0.2) is 17.5 Å². The van der Waals surface area contributed by atoms with E-state index in [0.717, 1.165) is 49.9 Å². The van der Waals surface area contributed by atoms with Gasteiger partial charge >= 0.3 is 0 Å². The number of aromatic hydroxyl groups is 1. The minimum absolute atomic E-state index is 0.108. The molecule has 6 nitrogen and oxygen atoms in total. The van der Waals surface area contributed by atoms with Gasteiger partial charge in [0.1, 0.15) is 11.6 Å². The summed E-state index contributed by atoms with van der Waals surface area (Å²) in [7, 11) is 0. The van der Waals surface area contributed by atoms with Crippen LogP contribution in [0.3, 0.4) is 0 Å². The van der Waals surface area contributed by atoms with Gasteiger partial charge in [-0.15, -0.1) is 0 Å². The Morgan fingerprint density at radius 2 is 1.09 bits per heavy atom. The lowest BCUT2D eigenvalue weighted by atomic mass is 10.1. The molecular formula is C40H27N5O. The largest absolute Gasteiger partial charge is 0.507 e. The Morgan fingerprint density at radius 3 is 1.91 bits per heavy atom. The molecule has 0 saturated heterocycles. The fraction of sp³-hybridized carbons (Fsp3) is 0. The normalized spacial score (nSPS) is 11.1. The molecule has 46 heavy (non-hydrogen) atoms. The lowest BCUT2D eigenvalue weighted by Gasteiger charge is -2.27. The molecule has 1 N–H and O–H groups in total. The van der Waals surface area contributed by atoms with E-state index in [4.69, 9.17) is 19.9 Å². The first kappa shape index (κ1) is 27.2. The Kier molecular flexibility index (Phi) is 6.85. The molecule has 218 valence electrons. The predicted octanol–water partition coefficient (Wildman–Crippen LogP) is 9.75. The highest BCUT2D eigenvalue weighted by Crippen LogP contribution is 2.41. The summed E-state index contributed by atoms with van der Waals surface area (Å²) in [6, 6.07) is 50.2. The highest BCUT2D eigenvalue weighted by Gasteiger charge is 2.20. The lowest BCUT2D eigenvalue weighted by Crippen LogP contribution is -2.13. The van der Waals surface area contributed by atoms with E-state index in [2.05, 4.69) is 71.6 Å². The summed E-state index contributed by atoms with van der Waals surface area (Å²) < 4.78 is 0. The van der Waals surface area contributed by atoms with Crippen molar-refractivity contribution >= 4 is 38.7 Å². The van der Waals surface area contributed by atoms with E-state index in [1.807, 2.05) is 79.0 Å². The second-order valence-electron chi connectivity index (χ2n) is 10.9. The number of hydrogen-bond acceptors (Lipinski definition) is 6. The Bertz CT molecular complexity index is 2270. The van der Waals surface area contributed by atoms with E-state index < -0.39 is 0 Å². The number of phenolic OH excluding ortho intramolecular Hbond substituents is 1.